The molecule has 0 heterocycles. The van der Waals surface area contributed by atoms with Gasteiger partial charge >= 0.3 is 0 Å². The number of thioether (sulfide) groups is 1. The van der Waals surface area contributed by atoms with Crippen LogP contribution in [0, 0.1) is 10.1 Å². The monoisotopic (exact) mass is 297 g/mol. The number of nitrogens with zero attached hydrogens (tertiary/aromatic N) is 1. The van der Waals surface area contributed by atoms with E-state index in [0.717, 1.165) is 17.8 Å². The van der Waals surface area contributed by atoms with Crippen LogP contribution in [0.3, 0.4) is 0 Å². The minimum Gasteiger partial charge on any atom is -0.394 e. The number of hydrogen-bond donors (Lipinski definition) is 2. The molecule has 1 unspecified atom stereocenters. The van der Waals surface area contributed by atoms with Crippen molar-refractivity contribution in [2.45, 2.75) is 11.0 Å². The minimum atomic E-state index is -0.936. The molecule has 0 aliphatic rings. The molecule has 0 fully saturated rings. The number of benzene rings is 1. The van der Waals surface area contributed by atoms with E-state index in [4.69, 9.17) is 28.3 Å². The van der Waals surface area contributed by atoms with Gasteiger partial charge in [0.05, 0.1) is 32.6 Å². The standard InChI is InChI=1S/C9H9Cl2NO4S/c10-6-1-8(12(15)16)9(2-7(6)11)17-4-5(14)3-13/h1-2,5,13-14H,3-4H2. The molecule has 17 heavy (non-hydrogen) atoms. The SMILES string of the molecule is O=[N+]([O-])c1cc(Cl)c(Cl)cc1SCC(O)CO. The Balaban J connectivity index is 2.96. The van der Waals surface area contributed by atoms with E-state index in [-0.39, 0.29) is 21.5 Å². The van der Waals surface area contributed by atoms with Gasteiger partial charge in [0, 0.05) is 11.8 Å². The zero-order chi connectivity index (χ0) is 13.0. The highest BCUT2D eigenvalue weighted by Crippen LogP contribution is 2.36. The molecule has 0 aliphatic carbocycles. The van der Waals surface area contributed by atoms with Crippen LogP contribution in [0.2, 0.25) is 10.0 Å². The molecule has 1 aromatic rings. The first-order valence-electron chi connectivity index (χ1n) is 4.51. The molecule has 0 aliphatic heterocycles. The van der Waals surface area contributed by atoms with Crippen molar-refractivity contribution in [3.8, 4) is 0 Å². The fourth-order valence-electron chi connectivity index (χ4n) is 1.02. The number of halogens is 2. The third kappa shape index (κ3) is 4.01. The Morgan fingerprint density at radius 2 is 2.00 bits per heavy atom. The highest BCUT2D eigenvalue weighted by atomic mass is 35.5. The number of rotatable bonds is 5. The van der Waals surface area contributed by atoms with Gasteiger partial charge in [0.15, 0.2) is 0 Å². The molecule has 5 nitrogen and oxygen atoms in total. The molecule has 0 spiro atoms. The smallest absolute Gasteiger partial charge is 0.284 e. The van der Waals surface area contributed by atoms with Gasteiger partial charge in [0.2, 0.25) is 0 Å². The quantitative estimate of drug-likeness (QED) is 0.495. The van der Waals surface area contributed by atoms with Gasteiger partial charge < -0.3 is 10.2 Å². The first-order valence-corrected chi connectivity index (χ1v) is 6.25. The van der Waals surface area contributed by atoms with E-state index < -0.39 is 17.6 Å². The Morgan fingerprint density at radius 1 is 1.41 bits per heavy atom. The Morgan fingerprint density at radius 3 is 2.53 bits per heavy atom. The topological polar surface area (TPSA) is 83.6 Å². The van der Waals surface area contributed by atoms with E-state index in [9.17, 15) is 15.2 Å². The van der Waals surface area contributed by atoms with Crippen LogP contribution in [0.25, 0.3) is 0 Å². The highest BCUT2D eigenvalue weighted by Gasteiger charge is 2.18. The molecule has 0 amide bonds. The summed E-state index contributed by atoms with van der Waals surface area (Å²) in [7, 11) is 0. The van der Waals surface area contributed by atoms with Crippen molar-refractivity contribution in [3.63, 3.8) is 0 Å². The highest BCUT2D eigenvalue weighted by molar-refractivity contribution is 7.99. The average molecular weight is 298 g/mol. The summed E-state index contributed by atoms with van der Waals surface area (Å²) >= 11 is 12.5. The lowest BCUT2D eigenvalue weighted by molar-refractivity contribution is -0.387. The van der Waals surface area contributed by atoms with Crippen LogP contribution in [-0.4, -0.2) is 33.6 Å². The van der Waals surface area contributed by atoms with Gasteiger partial charge in [-0.15, -0.1) is 11.8 Å². The van der Waals surface area contributed by atoms with E-state index in [1.807, 2.05) is 0 Å². The van der Waals surface area contributed by atoms with E-state index in [1.165, 1.54) is 6.07 Å². The number of aliphatic hydroxyl groups is 2. The van der Waals surface area contributed by atoms with Gasteiger partial charge in [-0.3, -0.25) is 10.1 Å². The summed E-state index contributed by atoms with van der Waals surface area (Å²) < 4.78 is 0. The van der Waals surface area contributed by atoms with Gasteiger partial charge in [0.25, 0.3) is 5.69 Å². The lowest BCUT2D eigenvalue weighted by Gasteiger charge is -2.07. The van der Waals surface area contributed by atoms with Gasteiger partial charge in [-0.25, -0.2) is 0 Å². The lowest BCUT2D eigenvalue weighted by atomic mass is 10.3. The van der Waals surface area contributed by atoms with Crippen molar-refractivity contribution in [2.24, 2.45) is 0 Å². The van der Waals surface area contributed by atoms with Gasteiger partial charge in [-0.1, -0.05) is 23.2 Å². The molecule has 2 N–H and O–H groups in total. The van der Waals surface area contributed by atoms with Crippen LogP contribution in [0.15, 0.2) is 17.0 Å². The van der Waals surface area contributed by atoms with E-state index >= 15 is 0 Å². The van der Waals surface area contributed by atoms with Crippen LogP contribution < -0.4 is 0 Å². The third-order valence-corrected chi connectivity index (χ3v) is 3.75. The first-order chi connectivity index (χ1) is 7.95. The van der Waals surface area contributed by atoms with E-state index in [0.29, 0.717) is 4.90 Å². The van der Waals surface area contributed by atoms with Crippen molar-refractivity contribution in [1.29, 1.82) is 0 Å². The molecule has 1 aromatic carbocycles. The summed E-state index contributed by atoms with van der Waals surface area (Å²) in [5, 5.41) is 28.9. The Labute approximate surface area is 111 Å². The predicted octanol–water partition coefficient (Wildman–Crippen LogP) is 2.35. The second kappa shape index (κ2) is 6.42. The second-order valence-corrected chi connectivity index (χ2v) is 5.01. The maximum atomic E-state index is 10.8. The average Bonchev–Trinajstić information content (AvgIpc) is 2.29. The largest absolute Gasteiger partial charge is 0.394 e. The number of aliphatic hydroxyl groups excluding tert-OH is 2. The molecule has 1 rings (SSSR count). The summed E-state index contributed by atoms with van der Waals surface area (Å²) in [6, 6.07) is 2.54. The predicted molar refractivity (Wildman–Crippen MR) is 66.9 cm³/mol. The van der Waals surface area contributed by atoms with Crippen molar-refractivity contribution >= 4 is 40.7 Å². The third-order valence-electron chi connectivity index (χ3n) is 1.84. The molecule has 0 bridgehead atoms. The molecule has 0 aromatic heterocycles. The Hall–Kier alpha value is -0.530. The van der Waals surface area contributed by atoms with Gasteiger partial charge in [-0.05, 0) is 6.07 Å². The summed E-state index contributed by atoms with van der Waals surface area (Å²) in [5.41, 5.74) is -0.172. The van der Waals surface area contributed by atoms with E-state index in [1.54, 1.807) is 0 Å². The normalized spacial score (nSPS) is 12.5. The van der Waals surface area contributed by atoms with Crippen LogP contribution in [0.4, 0.5) is 5.69 Å². The Bertz CT molecular complexity index is 430. The molecule has 94 valence electrons. The van der Waals surface area contributed by atoms with Crippen molar-refractivity contribution in [3.05, 3.63) is 32.3 Å². The van der Waals surface area contributed by atoms with Gasteiger partial charge in [-0.2, -0.15) is 0 Å². The van der Waals surface area contributed by atoms with Crippen LogP contribution in [0.1, 0.15) is 0 Å². The minimum absolute atomic E-state index is 0.102. The summed E-state index contributed by atoms with van der Waals surface area (Å²) in [6.45, 7) is -0.401. The lowest BCUT2D eigenvalue weighted by Crippen LogP contribution is -2.14. The molecule has 8 heteroatoms. The van der Waals surface area contributed by atoms with Crippen LogP contribution >= 0.6 is 35.0 Å². The summed E-state index contributed by atoms with van der Waals surface area (Å²) in [6.07, 6.45) is -0.936. The second-order valence-electron chi connectivity index (χ2n) is 3.14. The first kappa shape index (κ1) is 14.5. The maximum absolute atomic E-state index is 10.8. The van der Waals surface area contributed by atoms with Crippen molar-refractivity contribution in [2.75, 3.05) is 12.4 Å². The number of hydrogen-bond acceptors (Lipinski definition) is 5. The summed E-state index contributed by atoms with van der Waals surface area (Å²) in [4.78, 5) is 10.5. The molecule has 0 saturated carbocycles. The van der Waals surface area contributed by atoms with Crippen molar-refractivity contribution in [1.82, 2.24) is 0 Å². The molecule has 1 atom stereocenters. The van der Waals surface area contributed by atoms with Crippen molar-refractivity contribution < 1.29 is 15.1 Å². The summed E-state index contributed by atoms with van der Waals surface area (Å²) in [5.74, 6) is 0.134. The fraction of sp³-hybridized carbons (Fsp3) is 0.333. The van der Waals surface area contributed by atoms with Crippen LogP contribution in [-0.2, 0) is 0 Å². The van der Waals surface area contributed by atoms with Gasteiger partial charge in [0.1, 0.15) is 0 Å². The van der Waals surface area contributed by atoms with Crippen LogP contribution in [0.5, 0.6) is 0 Å². The molecule has 0 saturated heterocycles. The fourth-order valence-corrected chi connectivity index (χ4v) is 2.36. The maximum Gasteiger partial charge on any atom is 0.284 e. The number of nitro groups is 1. The Kier molecular flexibility index (Phi) is 5.48. The zero-order valence-electron chi connectivity index (χ0n) is 8.47. The number of nitro benzene ring substituents is 1. The molecular weight excluding hydrogens is 289 g/mol. The van der Waals surface area contributed by atoms with E-state index in [2.05, 4.69) is 0 Å². The molecule has 0 radical (unpaired) electrons. The zero-order valence-corrected chi connectivity index (χ0v) is 10.8. The molecular formula is C9H9Cl2NO4S.